The van der Waals surface area contributed by atoms with E-state index in [2.05, 4.69) is 5.32 Å². The van der Waals surface area contributed by atoms with E-state index in [4.69, 9.17) is 14.6 Å². The highest BCUT2D eigenvalue weighted by molar-refractivity contribution is 7.91. The lowest BCUT2D eigenvalue weighted by atomic mass is 10.1. The van der Waals surface area contributed by atoms with Gasteiger partial charge in [0.25, 0.3) is 5.91 Å². The lowest BCUT2D eigenvalue weighted by Gasteiger charge is -2.14. The van der Waals surface area contributed by atoms with Crippen LogP contribution in [0.15, 0.2) is 42.5 Å². The first-order valence-electron chi connectivity index (χ1n) is 12.1. The zero-order valence-electron chi connectivity index (χ0n) is 21.4. The highest BCUT2D eigenvalue weighted by atomic mass is 32.2. The predicted molar refractivity (Wildman–Crippen MR) is 141 cm³/mol. The molecular formula is C27H33N3O5S. The van der Waals surface area contributed by atoms with Crippen molar-refractivity contribution in [1.82, 2.24) is 9.78 Å². The summed E-state index contributed by atoms with van der Waals surface area (Å²) in [4.78, 5) is 12.8. The van der Waals surface area contributed by atoms with Gasteiger partial charge in [0.1, 0.15) is 17.3 Å². The van der Waals surface area contributed by atoms with Gasteiger partial charge in [-0.05, 0) is 88.1 Å². The molecule has 2 heterocycles. The zero-order valence-corrected chi connectivity index (χ0v) is 22.2. The van der Waals surface area contributed by atoms with Crippen molar-refractivity contribution in [1.29, 1.82) is 0 Å². The number of hydrogen-bond donors (Lipinski definition) is 1. The Hall–Kier alpha value is -3.33. The summed E-state index contributed by atoms with van der Waals surface area (Å²) in [6, 6.07) is 12.9. The van der Waals surface area contributed by atoms with Gasteiger partial charge in [-0.2, -0.15) is 5.10 Å². The number of benzene rings is 2. The molecule has 2 aromatic carbocycles. The summed E-state index contributed by atoms with van der Waals surface area (Å²) in [6.45, 7) is 9.74. The van der Waals surface area contributed by atoms with Gasteiger partial charge in [-0.25, -0.2) is 13.1 Å². The number of carbonyl (C=O) groups excluding carboxylic acids is 1. The third kappa shape index (κ3) is 6.07. The predicted octanol–water partition coefficient (Wildman–Crippen LogP) is 4.64. The van der Waals surface area contributed by atoms with Gasteiger partial charge >= 0.3 is 0 Å². The third-order valence-electron chi connectivity index (χ3n) is 6.24. The summed E-state index contributed by atoms with van der Waals surface area (Å²) in [6.07, 6.45) is 0.511. The number of amides is 1. The average Bonchev–Trinajstić information content (AvgIpc) is 3.38. The molecule has 0 saturated carbocycles. The van der Waals surface area contributed by atoms with E-state index in [-0.39, 0.29) is 36.2 Å². The topological polar surface area (TPSA) is 99.5 Å². The van der Waals surface area contributed by atoms with Crippen molar-refractivity contribution in [3.05, 3.63) is 59.2 Å². The fourth-order valence-electron chi connectivity index (χ4n) is 4.20. The number of aromatic nitrogens is 2. The van der Waals surface area contributed by atoms with E-state index in [0.717, 1.165) is 28.0 Å². The maximum atomic E-state index is 12.8. The van der Waals surface area contributed by atoms with Gasteiger partial charge < -0.3 is 14.8 Å². The van der Waals surface area contributed by atoms with Crippen LogP contribution in [0.2, 0.25) is 0 Å². The van der Waals surface area contributed by atoms with Crippen molar-refractivity contribution >= 4 is 21.6 Å². The second-order valence-electron chi connectivity index (χ2n) is 9.65. The minimum atomic E-state index is -3.14. The summed E-state index contributed by atoms with van der Waals surface area (Å²) >= 11 is 0. The summed E-state index contributed by atoms with van der Waals surface area (Å²) in [7, 11) is -3.14. The minimum Gasteiger partial charge on any atom is -0.491 e. The molecule has 0 unspecified atom stereocenters. The fourth-order valence-corrected chi connectivity index (χ4v) is 5.89. The van der Waals surface area contributed by atoms with E-state index in [9.17, 15) is 13.2 Å². The third-order valence-corrected chi connectivity index (χ3v) is 7.99. The number of nitrogens with zero attached hydrogens (tertiary/aromatic N) is 2. The van der Waals surface area contributed by atoms with Crippen LogP contribution in [0.1, 0.15) is 43.0 Å². The highest BCUT2D eigenvalue weighted by Gasteiger charge is 2.32. The second-order valence-corrected chi connectivity index (χ2v) is 11.9. The van der Waals surface area contributed by atoms with Gasteiger partial charge in [-0.15, -0.1) is 0 Å². The van der Waals surface area contributed by atoms with Crippen molar-refractivity contribution in [3.63, 3.8) is 0 Å². The van der Waals surface area contributed by atoms with Crippen LogP contribution in [0.25, 0.3) is 11.3 Å². The van der Waals surface area contributed by atoms with Crippen LogP contribution < -0.4 is 14.8 Å². The lowest BCUT2D eigenvalue weighted by Crippen LogP contribution is -2.23. The molecule has 4 rings (SSSR count). The van der Waals surface area contributed by atoms with Gasteiger partial charge in [0, 0.05) is 11.6 Å². The molecule has 36 heavy (non-hydrogen) atoms. The molecule has 1 aliphatic rings. The van der Waals surface area contributed by atoms with Crippen molar-refractivity contribution < 1.29 is 22.7 Å². The molecule has 1 aliphatic heterocycles. The number of carbonyl (C=O) groups is 1. The maximum absolute atomic E-state index is 12.8. The van der Waals surface area contributed by atoms with Gasteiger partial charge in [-0.3, -0.25) is 4.79 Å². The van der Waals surface area contributed by atoms with E-state index in [1.54, 1.807) is 10.7 Å². The summed E-state index contributed by atoms with van der Waals surface area (Å²) in [5.74, 6) is 1.61. The van der Waals surface area contributed by atoms with Crippen LogP contribution in [0.3, 0.4) is 0 Å². The Balaban J connectivity index is 1.57. The molecular weight excluding hydrogens is 478 g/mol. The molecule has 8 nitrogen and oxygen atoms in total. The largest absolute Gasteiger partial charge is 0.491 e. The summed E-state index contributed by atoms with van der Waals surface area (Å²) in [5.41, 5.74) is 4.69. The molecule has 1 amide bonds. The molecule has 1 saturated heterocycles. The van der Waals surface area contributed by atoms with Crippen molar-refractivity contribution in [2.75, 3.05) is 23.4 Å². The smallest absolute Gasteiger partial charge is 0.263 e. The fraction of sp³-hybridized carbons (Fsp3) is 0.407. The van der Waals surface area contributed by atoms with Crippen molar-refractivity contribution in [2.45, 2.75) is 53.2 Å². The number of nitrogens with one attached hydrogen (secondary N) is 1. The molecule has 1 fully saturated rings. The Morgan fingerprint density at radius 2 is 1.86 bits per heavy atom. The maximum Gasteiger partial charge on any atom is 0.263 e. The van der Waals surface area contributed by atoms with E-state index in [0.29, 0.717) is 23.7 Å². The standard InChI is InChI=1S/C27H33N3O5S/c1-17(2)35-25-9-7-21(12-20(25)5)24-14-26(30(29-24)22-10-11-36(32,33)16-22)28-27(31)15-34-23-8-6-18(3)19(4)13-23/h6-9,12-14,17,22H,10-11,15-16H2,1-5H3,(H,28,31)/t22-/m1/s1. The molecule has 1 aromatic heterocycles. The van der Waals surface area contributed by atoms with Crippen LogP contribution in [-0.2, 0) is 14.6 Å². The molecule has 0 aliphatic carbocycles. The van der Waals surface area contributed by atoms with Gasteiger partial charge in [0.15, 0.2) is 16.4 Å². The molecule has 0 radical (unpaired) electrons. The quantitative estimate of drug-likeness (QED) is 0.473. The Bertz CT molecular complexity index is 1380. The first-order chi connectivity index (χ1) is 17.0. The van der Waals surface area contributed by atoms with Crippen LogP contribution in [0.4, 0.5) is 5.82 Å². The molecule has 1 atom stereocenters. The van der Waals surface area contributed by atoms with E-state index in [1.165, 1.54) is 0 Å². The molecule has 0 spiro atoms. The molecule has 0 bridgehead atoms. The zero-order chi connectivity index (χ0) is 26.0. The number of sulfone groups is 1. The first kappa shape index (κ1) is 25.8. The van der Waals surface area contributed by atoms with E-state index >= 15 is 0 Å². The van der Waals surface area contributed by atoms with Crippen LogP contribution in [0.5, 0.6) is 11.5 Å². The first-order valence-corrected chi connectivity index (χ1v) is 13.9. The minimum absolute atomic E-state index is 0.00364. The molecule has 1 N–H and O–H groups in total. The van der Waals surface area contributed by atoms with Gasteiger partial charge in [-0.1, -0.05) is 6.07 Å². The Kier molecular flexibility index (Phi) is 7.40. The Morgan fingerprint density at radius 3 is 2.50 bits per heavy atom. The van der Waals surface area contributed by atoms with Crippen LogP contribution >= 0.6 is 0 Å². The van der Waals surface area contributed by atoms with Crippen molar-refractivity contribution in [3.8, 4) is 22.8 Å². The van der Waals surface area contributed by atoms with Crippen molar-refractivity contribution in [2.24, 2.45) is 0 Å². The SMILES string of the molecule is Cc1ccc(OCC(=O)Nc2cc(-c3ccc(OC(C)C)c(C)c3)nn2[C@@H]2CCS(=O)(=O)C2)cc1C. The second kappa shape index (κ2) is 10.3. The van der Waals surface area contributed by atoms with Gasteiger partial charge in [0.05, 0.1) is 29.3 Å². The van der Waals surface area contributed by atoms with Gasteiger partial charge in [0.2, 0.25) is 0 Å². The molecule has 192 valence electrons. The van der Waals surface area contributed by atoms with E-state index in [1.807, 2.05) is 71.0 Å². The van der Waals surface area contributed by atoms with Crippen LogP contribution in [0, 0.1) is 20.8 Å². The number of aryl methyl sites for hydroxylation is 3. The Labute approximate surface area is 212 Å². The normalized spacial score (nSPS) is 16.8. The number of rotatable bonds is 8. The molecule has 9 heteroatoms. The van der Waals surface area contributed by atoms with E-state index < -0.39 is 9.84 Å². The number of hydrogen-bond acceptors (Lipinski definition) is 6. The highest BCUT2D eigenvalue weighted by Crippen LogP contribution is 2.32. The lowest BCUT2D eigenvalue weighted by molar-refractivity contribution is -0.118. The van der Waals surface area contributed by atoms with Crippen LogP contribution in [-0.4, -0.2) is 48.3 Å². The number of anilines is 1. The number of ether oxygens (including phenoxy) is 2. The summed E-state index contributed by atoms with van der Waals surface area (Å²) in [5, 5.41) is 7.58. The average molecular weight is 512 g/mol. The molecule has 3 aromatic rings. The summed E-state index contributed by atoms with van der Waals surface area (Å²) < 4.78 is 37.4. The Morgan fingerprint density at radius 1 is 1.08 bits per heavy atom. The monoisotopic (exact) mass is 511 g/mol.